The lowest BCUT2D eigenvalue weighted by atomic mass is 9.84. The van der Waals surface area contributed by atoms with E-state index in [1.54, 1.807) is 41.7 Å². The third kappa shape index (κ3) is 8.29. The number of aryl methyl sites for hydroxylation is 1. The Kier molecular flexibility index (Phi) is 11.7. The molecule has 1 N–H and O–H groups in total. The van der Waals surface area contributed by atoms with E-state index in [1.165, 1.54) is 4.90 Å². The zero-order valence-corrected chi connectivity index (χ0v) is 32.1. The van der Waals surface area contributed by atoms with Gasteiger partial charge in [-0.05, 0) is 78.0 Å². The highest BCUT2D eigenvalue weighted by Crippen LogP contribution is 2.58. The van der Waals surface area contributed by atoms with Gasteiger partial charge in [0.25, 0.3) is 0 Å². The lowest BCUT2D eigenvalue weighted by Gasteiger charge is -2.39. The van der Waals surface area contributed by atoms with Gasteiger partial charge < -0.3 is 29.0 Å². The second-order valence-electron chi connectivity index (χ2n) is 16.0. The Morgan fingerprint density at radius 3 is 2.56 bits per heavy atom. The summed E-state index contributed by atoms with van der Waals surface area (Å²) in [5.74, 6) is -1.48. The zero-order chi connectivity index (χ0) is 38.0. The molecule has 1 aromatic carbocycles. The summed E-state index contributed by atoms with van der Waals surface area (Å²) in [4.78, 5) is 61.2. The van der Waals surface area contributed by atoms with Crippen LogP contribution in [-0.2, 0) is 28.7 Å². The number of hydrogen-bond acceptors (Lipinski definition) is 10. The number of ketones is 1. The summed E-state index contributed by atoms with van der Waals surface area (Å²) in [5.41, 5.74) is -0.992. The number of carbonyl (C=O) groups excluding carboxylic acids is 4. The molecular weight excluding hydrogens is 664 g/mol. The highest BCUT2D eigenvalue weighted by atomic mass is 16.6. The number of aliphatic hydroxyl groups excluding tert-OH is 1. The first kappa shape index (κ1) is 39.2. The summed E-state index contributed by atoms with van der Waals surface area (Å²) < 4.78 is 23.2. The Morgan fingerprint density at radius 1 is 1.13 bits per heavy atom. The molecule has 1 amide bonds. The van der Waals surface area contributed by atoms with Gasteiger partial charge in [-0.2, -0.15) is 0 Å². The van der Waals surface area contributed by atoms with Crippen LogP contribution in [0.1, 0.15) is 117 Å². The van der Waals surface area contributed by atoms with E-state index in [0.717, 1.165) is 25.7 Å². The first-order valence-corrected chi connectivity index (χ1v) is 18.8. The quantitative estimate of drug-likeness (QED) is 0.127. The SMILES string of the molecule is CCCCC/C=C\[C@@H]1C[C@]1(CC(=O)[C@@H]1C[C@]2(CC(O)c3c(c(C)nc4ccc(OC)cc34)O2)CN1C(=O)[C@H](C)CC(=O)OC(C)(C)C)C(=O)OCC. The molecule has 2 fully saturated rings. The van der Waals surface area contributed by atoms with Crippen molar-refractivity contribution in [2.24, 2.45) is 17.3 Å². The number of allylic oxidation sites excluding steroid dienone is 2. The molecule has 284 valence electrons. The van der Waals surface area contributed by atoms with E-state index in [0.29, 0.717) is 40.1 Å². The van der Waals surface area contributed by atoms with Crippen molar-refractivity contribution in [3.8, 4) is 11.5 Å². The van der Waals surface area contributed by atoms with Gasteiger partial charge in [0.1, 0.15) is 22.7 Å². The van der Waals surface area contributed by atoms with Crippen molar-refractivity contribution in [1.82, 2.24) is 9.88 Å². The zero-order valence-electron chi connectivity index (χ0n) is 32.1. The molecule has 1 saturated carbocycles. The molecule has 6 atom stereocenters. The Bertz CT molecular complexity index is 1710. The number of benzene rings is 1. The minimum atomic E-state index is -1.12. The van der Waals surface area contributed by atoms with E-state index in [2.05, 4.69) is 13.0 Å². The molecule has 2 aliphatic heterocycles. The normalized spacial score (nSPS) is 25.9. The Morgan fingerprint density at radius 2 is 1.88 bits per heavy atom. The summed E-state index contributed by atoms with van der Waals surface area (Å²) in [5, 5.41) is 12.5. The summed E-state index contributed by atoms with van der Waals surface area (Å²) in [7, 11) is 1.57. The highest BCUT2D eigenvalue weighted by molar-refractivity contribution is 5.96. The monoisotopic (exact) mass is 720 g/mol. The van der Waals surface area contributed by atoms with Crippen molar-refractivity contribution in [3.63, 3.8) is 0 Å². The van der Waals surface area contributed by atoms with Crippen LogP contribution in [0, 0.1) is 24.2 Å². The first-order chi connectivity index (χ1) is 24.6. The minimum Gasteiger partial charge on any atom is -0.497 e. The predicted octanol–water partition coefficient (Wildman–Crippen LogP) is 6.74. The Balaban J connectivity index is 1.46. The van der Waals surface area contributed by atoms with E-state index in [4.69, 9.17) is 23.9 Å². The summed E-state index contributed by atoms with van der Waals surface area (Å²) in [6.07, 6.45) is 7.80. The molecule has 1 unspecified atom stereocenters. The van der Waals surface area contributed by atoms with Crippen molar-refractivity contribution in [1.29, 1.82) is 0 Å². The van der Waals surface area contributed by atoms with Crippen LogP contribution in [0.2, 0.25) is 0 Å². The number of Topliss-reactive ketones (excluding diaryl/α,β-unsaturated/α-hetero) is 1. The van der Waals surface area contributed by atoms with Crippen molar-refractivity contribution >= 4 is 34.5 Å². The van der Waals surface area contributed by atoms with Crippen LogP contribution in [0.3, 0.4) is 0 Å². The number of aromatic nitrogens is 1. The van der Waals surface area contributed by atoms with E-state index in [1.807, 2.05) is 31.2 Å². The molecule has 3 heterocycles. The maximum Gasteiger partial charge on any atom is 0.313 e. The molecule has 1 saturated heterocycles. The molecule has 3 aliphatic rings. The van der Waals surface area contributed by atoms with Crippen LogP contribution >= 0.6 is 0 Å². The van der Waals surface area contributed by atoms with Crippen molar-refractivity contribution < 1.29 is 43.2 Å². The van der Waals surface area contributed by atoms with Crippen molar-refractivity contribution in [2.45, 2.75) is 130 Å². The Hall–Kier alpha value is -3.99. The molecule has 1 aliphatic carbocycles. The van der Waals surface area contributed by atoms with Crippen LogP contribution in [0.25, 0.3) is 10.9 Å². The number of fused-ring (bicyclic) bond motifs is 3. The van der Waals surface area contributed by atoms with E-state index >= 15 is 0 Å². The van der Waals surface area contributed by atoms with Gasteiger partial charge >= 0.3 is 11.9 Å². The molecule has 1 spiro atoms. The van der Waals surface area contributed by atoms with Crippen LogP contribution in [0.4, 0.5) is 0 Å². The highest BCUT2D eigenvalue weighted by Gasteiger charge is 2.63. The number of nitrogens with zero attached hydrogens (tertiary/aromatic N) is 2. The molecule has 11 nitrogen and oxygen atoms in total. The molecular formula is C41H56N2O9. The van der Waals surface area contributed by atoms with Crippen LogP contribution in [-0.4, -0.2) is 76.1 Å². The number of unbranched alkanes of at least 4 members (excludes halogenated alkanes) is 3. The topological polar surface area (TPSA) is 142 Å². The van der Waals surface area contributed by atoms with E-state index in [-0.39, 0.29) is 50.5 Å². The molecule has 11 heteroatoms. The van der Waals surface area contributed by atoms with Gasteiger partial charge in [0.2, 0.25) is 5.91 Å². The fourth-order valence-corrected chi connectivity index (χ4v) is 7.94. The lowest BCUT2D eigenvalue weighted by Crippen LogP contribution is -2.47. The summed E-state index contributed by atoms with van der Waals surface area (Å²) >= 11 is 0. The minimum absolute atomic E-state index is 0.0140. The standard InChI is InChI=1S/C41H56N2O9/c1-9-11-12-13-14-15-27-20-41(27,38(48)50-10-2)23-32(44)31-21-40(24-43(31)37(47)25(3)18-34(46)51-39(5,6)7)22-33(45)35-29-19-28(49-8)16-17-30(29)42-26(4)36(35)52-40/h14-17,19,25,27,31,33,45H,9-13,18,20-24H2,1-8H3/b15-14-/t25-,27-,31+,33?,40+,41-/m1/s1. The number of likely N-dealkylation sites (tertiary alicyclic amines) is 1. The number of amides is 1. The van der Waals surface area contributed by atoms with E-state index < -0.39 is 52.5 Å². The molecule has 5 rings (SSSR count). The van der Waals surface area contributed by atoms with Crippen LogP contribution < -0.4 is 9.47 Å². The molecule has 1 aromatic heterocycles. The Labute approximate surface area is 307 Å². The average Bonchev–Trinajstić information content (AvgIpc) is 3.65. The number of methoxy groups -OCH3 is 1. The van der Waals surface area contributed by atoms with Crippen molar-refractivity contribution in [2.75, 3.05) is 20.3 Å². The van der Waals surface area contributed by atoms with Gasteiger partial charge in [-0.1, -0.05) is 38.8 Å². The number of ether oxygens (including phenoxy) is 4. The maximum atomic E-state index is 14.5. The number of rotatable bonds is 14. The number of esters is 2. The second-order valence-corrected chi connectivity index (χ2v) is 16.0. The molecule has 0 bridgehead atoms. The molecule has 52 heavy (non-hydrogen) atoms. The third-order valence-corrected chi connectivity index (χ3v) is 10.6. The van der Waals surface area contributed by atoms with Gasteiger partial charge in [-0.3, -0.25) is 19.2 Å². The fourth-order valence-electron chi connectivity index (χ4n) is 7.94. The maximum absolute atomic E-state index is 14.5. The van der Waals surface area contributed by atoms with Gasteiger partial charge in [0.15, 0.2) is 5.78 Å². The van der Waals surface area contributed by atoms with Gasteiger partial charge in [-0.25, -0.2) is 4.98 Å². The van der Waals surface area contributed by atoms with E-state index in [9.17, 15) is 24.3 Å². The summed E-state index contributed by atoms with van der Waals surface area (Å²) in [6.45, 7) is 12.9. The number of carbonyl (C=O) groups is 4. The third-order valence-electron chi connectivity index (χ3n) is 10.6. The smallest absolute Gasteiger partial charge is 0.313 e. The second kappa shape index (κ2) is 15.5. The van der Waals surface area contributed by atoms with Crippen LogP contribution in [0.5, 0.6) is 11.5 Å². The number of hydrogen-bond donors (Lipinski definition) is 1. The largest absolute Gasteiger partial charge is 0.497 e. The first-order valence-electron chi connectivity index (χ1n) is 18.8. The summed E-state index contributed by atoms with van der Waals surface area (Å²) in [6, 6.07) is 4.51. The number of pyridine rings is 1. The fraction of sp³-hybridized carbons (Fsp3) is 0.634. The van der Waals surface area contributed by atoms with Gasteiger partial charge in [0, 0.05) is 36.1 Å². The number of aliphatic hydroxyl groups is 1. The molecule has 0 radical (unpaired) electrons. The molecule has 2 aromatic rings. The van der Waals surface area contributed by atoms with Crippen LogP contribution in [0.15, 0.2) is 30.4 Å². The van der Waals surface area contributed by atoms with Gasteiger partial charge in [-0.15, -0.1) is 0 Å². The predicted molar refractivity (Wildman–Crippen MR) is 196 cm³/mol. The lowest BCUT2D eigenvalue weighted by molar-refractivity contribution is -0.158. The average molecular weight is 721 g/mol. The van der Waals surface area contributed by atoms with Gasteiger partial charge in [0.05, 0.1) is 55.5 Å². The van der Waals surface area contributed by atoms with Crippen molar-refractivity contribution in [3.05, 3.63) is 41.6 Å².